The lowest BCUT2D eigenvalue weighted by Crippen LogP contribution is -2.26. The summed E-state index contributed by atoms with van der Waals surface area (Å²) < 4.78 is 0. The summed E-state index contributed by atoms with van der Waals surface area (Å²) in [5.41, 5.74) is 2.09. The largest absolute Gasteiger partial charge is 0.396 e. The van der Waals surface area contributed by atoms with E-state index in [2.05, 4.69) is 5.32 Å². The van der Waals surface area contributed by atoms with E-state index in [0.717, 1.165) is 22.8 Å². The van der Waals surface area contributed by atoms with Crippen molar-refractivity contribution in [2.24, 2.45) is 5.41 Å². The molecule has 2 N–H and O–H groups in total. The van der Waals surface area contributed by atoms with Gasteiger partial charge in [0.15, 0.2) is 0 Å². The minimum atomic E-state index is -0.105. The SMILES string of the molecule is Cc1cc(Cl)ccc1NCC(C)(C)CO. The minimum Gasteiger partial charge on any atom is -0.396 e. The number of hydrogen-bond acceptors (Lipinski definition) is 2. The minimum absolute atomic E-state index is 0.105. The number of nitrogens with one attached hydrogen (secondary N) is 1. The smallest absolute Gasteiger partial charge is 0.0498 e. The molecule has 0 bridgehead atoms. The molecular weight excluding hydrogens is 210 g/mol. The van der Waals surface area contributed by atoms with Crippen LogP contribution in [0.4, 0.5) is 5.69 Å². The third-order valence-electron chi connectivity index (χ3n) is 2.37. The van der Waals surface area contributed by atoms with Crippen LogP contribution in [0.25, 0.3) is 0 Å². The first-order chi connectivity index (χ1) is 6.94. The van der Waals surface area contributed by atoms with Gasteiger partial charge in [-0.15, -0.1) is 0 Å². The summed E-state index contributed by atoms with van der Waals surface area (Å²) in [6.45, 7) is 6.97. The maximum Gasteiger partial charge on any atom is 0.0498 e. The maximum absolute atomic E-state index is 9.12. The molecule has 0 saturated heterocycles. The summed E-state index contributed by atoms with van der Waals surface area (Å²) >= 11 is 5.87. The van der Waals surface area contributed by atoms with Crippen LogP contribution in [0.5, 0.6) is 0 Å². The van der Waals surface area contributed by atoms with Gasteiger partial charge in [0, 0.05) is 29.3 Å². The Morgan fingerprint density at radius 3 is 2.60 bits per heavy atom. The van der Waals surface area contributed by atoms with Crippen LogP contribution < -0.4 is 5.32 Å². The Bertz CT molecular complexity index is 336. The zero-order chi connectivity index (χ0) is 11.5. The Balaban J connectivity index is 2.66. The van der Waals surface area contributed by atoms with Crippen LogP contribution in [0.3, 0.4) is 0 Å². The molecule has 1 aromatic rings. The van der Waals surface area contributed by atoms with E-state index in [-0.39, 0.29) is 12.0 Å². The lowest BCUT2D eigenvalue weighted by atomic mass is 9.95. The van der Waals surface area contributed by atoms with Crippen molar-refractivity contribution in [3.63, 3.8) is 0 Å². The third kappa shape index (κ3) is 3.73. The molecule has 0 aromatic heterocycles. The molecule has 0 aliphatic carbocycles. The van der Waals surface area contributed by atoms with Gasteiger partial charge in [-0.05, 0) is 30.7 Å². The predicted octanol–water partition coefficient (Wildman–Crippen LogP) is 3.08. The van der Waals surface area contributed by atoms with Crippen molar-refractivity contribution in [2.45, 2.75) is 20.8 Å². The van der Waals surface area contributed by atoms with Gasteiger partial charge in [-0.2, -0.15) is 0 Å². The van der Waals surface area contributed by atoms with Crippen molar-refractivity contribution in [1.29, 1.82) is 0 Å². The molecule has 3 heteroatoms. The second-order valence-corrected chi connectivity index (χ2v) is 5.07. The summed E-state index contributed by atoms with van der Waals surface area (Å²) in [4.78, 5) is 0. The molecule has 0 aliphatic heterocycles. The number of aliphatic hydroxyl groups is 1. The van der Waals surface area contributed by atoms with Crippen molar-refractivity contribution in [1.82, 2.24) is 0 Å². The van der Waals surface area contributed by atoms with E-state index in [0.29, 0.717) is 0 Å². The molecule has 1 rings (SSSR count). The van der Waals surface area contributed by atoms with E-state index in [4.69, 9.17) is 16.7 Å². The zero-order valence-electron chi connectivity index (χ0n) is 9.47. The van der Waals surface area contributed by atoms with Crippen molar-refractivity contribution in [3.05, 3.63) is 28.8 Å². The summed E-state index contributed by atoms with van der Waals surface area (Å²) in [5.74, 6) is 0. The first-order valence-electron chi connectivity index (χ1n) is 5.05. The van der Waals surface area contributed by atoms with E-state index in [1.807, 2.05) is 39.0 Å². The van der Waals surface area contributed by atoms with Crippen LogP contribution in [0.2, 0.25) is 5.02 Å². The van der Waals surface area contributed by atoms with E-state index in [1.54, 1.807) is 0 Å². The second-order valence-electron chi connectivity index (χ2n) is 4.64. The Morgan fingerprint density at radius 1 is 1.40 bits per heavy atom. The quantitative estimate of drug-likeness (QED) is 0.829. The Labute approximate surface area is 96.3 Å². The molecule has 2 nitrogen and oxygen atoms in total. The molecule has 0 atom stereocenters. The van der Waals surface area contributed by atoms with Crippen LogP contribution in [0.15, 0.2) is 18.2 Å². The topological polar surface area (TPSA) is 32.3 Å². The molecule has 84 valence electrons. The van der Waals surface area contributed by atoms with Crippen LogP contribution in [0, 0.1) is 12.3 Å². The van der Waals surface area contributed by atoms with Crippen molar-refractivity contribution < 1.29 is 5.11 Å². The summed E-state index contributed by atoms with van der Waals surface area (Å²) in [5, 5.41) is 13.2. The molecule has 0 spiro atoms. The van der Waals surface area contributed by atoms with E-state index in [9.17, 15) is 0 Å². The summed E-state index contributed by atoms with van der Waals surface area (Å²) in [7, 11) is 0. The van der Waals surface area contributed by atoms with Gasteiger partial charge >= 0.3 is 0 Å². The molecule has 1 aromatic carbocycles. The molecule has 0 fully saturated rings. The number of anilines is 1. The van der Waals surface area contributed by atoms with Gasteiger partial charge < -0.3 is 10.4 Å². The lowest BCUT2D eigenvalue weighted by molar-refractivity contribution is 0.171. The van der Waals surface area contributed by atoms with Gasteiger partial charge in [-0.1, -0.05) is 25.4 Å². The van der Waals surface area contributed by atoms with E-state index in [1.165, 1.54) is 0 Å². The van der Waals surface area contributed by atoms with Crippen LogP contribution >= 0.6 is 11.6 Å². The van der Waals surface area contributed by atoms with Gasteiger partial charge in [-0.25, -0.2) is 0 Å². The molecule has 0 unspecified atom stereocenters. The zero-order valence-corrected chi connectivity index (χ0v) is 10.2. The van der Waals surface area contributed by atoms with E-state index >= 15 is 0 Å². The summed E-state index contributed by atoms with van der Waals surface area (Å²) in [6.07, 6.45) is 0. The summed E-state index contributed by atoms with van der Waals surface area (Å²) in [6, 6.07) is 5.75. The number of benzene rings is 1. The number of rotatable bonds is 4. The highest BCUT2D eigenvalue weighted by Gasteiger charge is 2.16. The molecule has 15 heavy (non-hydrogen) atoms. The van der Waals surface area contributed by atoms with Crippen LogP contribution in [0.1, 0.15) is 19.4 Å². The predicted molar refractivity (Wildman–Crippen MR) is 65.5 cm³/mol. The van der Waals surface area contributed by atoms with Crippen molar-refractivity contribution in [2.75, 3.05) is 18.5 Å². The number of aliphatic hydroxyl groups excluding tert-OH is 1. The van der Waals surface area contributed by atoms with E-state index < -0.39 is 0 Å². The monoisotopic (exact) mass is 227 g/mol. The molecule has 0 aliphatic rings. The first kappa shape index (κ1) is 12.3. The second kappa shape index (κ2) is 4.86. The molecular formula is C12H18ClNO. The highest BCUT2D eigenvalue weighted by molar-refractivity contribution is 6.30. The highest BCUT2D eigenvalue weighted by atomic mass is 35.5. The molecule has 0 heterocycles. The van der Waals surface area contributed by atoms with Gasteiger partial charge in [0.1, 0.15) is 0 Å². The van der Waals surface area contributed by atoms with Gasteiger partial charge in [0.25, 0.3) is 0 Å². The van der Waals surface area contributed by atoms with Crippen LogP contribution in [-0.4, -0.2) is 18.3 Å². The lowest BCUT2D eigenvalue weighted by Gasteiger charge is -2.23. The van der Waals surface area contributed by atoms with Crippen molar-refractivity contribution in [3.8, 4) is 0 Å². The number of aryl methyl sites for hydroxylation is 1. The molecule has 0 amide bonds. The molecule has 0 saturated carbocycles. The van der Waals surface area contributed by atoms with Crippen LogP contribution in [-0.2, 0) is 0 Å². The fraction of sp³-hybridized carbons (Fsp3) is 0.500. The first-order valence-corrected chi connectivity index (χ1v) is 5.43. The van der Waals surface area contributed by atoms with Gasteiger partial charge in [-0.3, -0.25) is 0 Å². The Kier molecular flexibility index (Phi) is 4.00. The molecule has 0 radical (unpaired) electrons. The van der Waals surface area contributed by atoms with Gasteiger partial charge in [0.2, 0.25) is 0 Å². The third-order valence-corrected chi connectivity index (χ3v) is 2.61. The van der Waals surface area contributed by atoms with Crippen molar-refractivity contribution >= 4 is 17.3 Å². The highest BCUT2D eigenvalue weighted by Crippen LogP contribution is 2.21. The average molecular weight is 228 g/mol. The standard InChI is InChI=1S/C12H18ClNO/c1-9-6-10(13)4-5-11(9)14-7-12(2,3)8-15/h4-6,14-15H,7-8H2,1-3H3. The Morgan fingerprint density at radius 2 is 2.07 bits per heavy atom. The Hall–Kier alpha value is -0.730. The number of halogens is 1. The normalized spacial score (nSPS) is 11.5. The number of hydrogen-bond donors (Lipinski definition) is 2. The maximum atomic E-state index is 9.12. The average Bonchev–Trinajstić information content (AvgIpc) is 2.16. The van der Waals surface area contributed by atoms with Gasteiger partial charge in [0.05, 0.1) is 0 Å². The fourth-order valence-electron chi connectivity index (χ4n) is 1.22. The fourth-order valence-corrected chi connectivity index (χ4v) is 1.44.